The molecule has 2 aromatic heterocycles. The van der Waals surface area contributed by atoms with Crippen molar-refractivity contribution in [1.29, 1.82) is 5.26 Å². The minimum absolute atomic E-state index is 0.177. The lowest BCUT2D eigenvalue weighted by Crippen LogP contribution is -2.00. The summed E-state index contributed by atoms with van der Waals surface area (Å²) in [5.41, 5.74) is 2.51. The number of nitrogens with one attached hydrogen (secondary N) is 1. The zero-order chi connectivity index (χ0) is 16.2. The lowest BCUT2D eigenvalue weighted by molar-refractivity contribution is 1.15. The molecule has 0 saturated carbocycles. The van der Waals surface area contributed by atoms with Gasteiger partial charge in [0.2, 0.25) is 5.95 Å². The minimum Gasteiger partial charge on any atom is -0.261 e. The van der Waals surface area contributed by atoms with Crippen LogP contribution < -0.4 is 5.32 Å². The summed E-state index contributed by atoms with van der Waals surface area (Å²) in [6.45, 7) is 0. The van der Waals surface area contributed by atoms with E-state index in [-0.39, 0.29) is 5.95 Å². The molecule has 0 fully saturated rings. The second-order valence-electron chi connectivity index (χ2n) is 4.54. The van der Waals surface area contributed by atoms with Crippen molar-refractivity contribution in [3.8, 4) is 28.8 Å². The molecule has 0 saturated heterocycles. The lowest BCUT2D eigenvalue weighted by Gasteiger charge is -2.08. The van der Waals surface area contributed by atoms with Gasteiger partial charge in [0.05, 0.1) is 22.1 Å². The number of anilines is 1. The third kappa shape index (κ3) is 3.39. The summed E-state index contributed by atoms with van der Waals surface area (Å²) >= 11 is 12.2. The summed E-state index contributed by atoms with van der Waals surface area (Å²) in [6.07, 6.45) is 3.49. The van der Waals surface area contributed by atoms with Gasteiger partial charge in [0.25, 0.3) is 0 Å². The smallest absolute Gasteiger partial charge is 0.237 e. The van der Waals surface area contributed by atoms with E-state index in [0.29, 0.717) is 32.7 Å². The third-order valence-corrected chi connectivity index (χ3v) is 3.58. The molecule has 0 aliphatic heterocycles. The van der Waals surface area contributed by atoms with E-state index in [2.05, 4.69) is 20.3 Å². The molecule has 0 aliphatic rings. The predicted octanol–water partition coefficient (Wildman–Crippen LogP) is 4.41. The van der Waals surface area contributed by atoms with E-state index >= 15 is 0 Å². The summed E-state index contributed by atoms with van der Waals surface area (Å²) in [7, 11) is 0. The number of rotatable bonds is 3. The Hall–Kier alpha value is -2.68. The summed E-state index contributed by atoms with van der Waals surface area (Å²) in [5.74, 6) is 0.177. The predicted molar refractivity (Wildman–Crippen MR) is 90.0 cm³/mol. The van der Waals surface area contributed by atoms with Gasteiger partial charge in [-0.2, -0.15) is 5.26 Å². The van der Waals surface area contributed by atoms with Crippen LogP contribution in [0.5, 0.6) is 0 Å². The first kappa shape index (κ1) is 15.2. The summed E-state index contributed by atoms with van der Waals surface area (Å²) in [5, 5.41) is 12.3. The van der Waals surface area contributed by atoms with Gasteiger partial charge in [0.1, 0.15) is 0 Å². The van der Waals surface area contributed by atoms with Crippen LogP contribution in [-0.4, -0.2) is 15.0 Å². The molecule has 0 bridgehead atoms. The highest BCUT2D eigenvalue weighted by molar-refractivity contribution is 6.36. The molecule has 2 heterocycles. The molecule has 7 heteroatoms. The Kier molecular flexibility index (Phi) is 4.38. The number of aromatic nitrogens is 3. The second kappa shape index (κ2) is 6.61. The summed E-state index contributed by atoms with van der Waals surface area (Å²) in [4.78, 5) is 12.9. The Labute approximate surface area is 142 Å². The van der Waals surface area contributed by atoms with Crippen molar-refractivity contribution in [1.82, 2.24) is 15.0 Å². The Morgan fingerprint density at radius 3 is 2.48 bits per heavy atom. The molecule has 0 aliphatic carbocycles. The highest BCUT2D eigenvalue weighted by atomic mass is 35.5. The fourth-order valence-electron chi connectivity index (χ4n) is 2.03. The maximum Gasteiger partial charge on any atom is 0.237 e. The van der Waals surface area contributed by atoms with Crippen molar-refractivity contribution in [2.75, 3.05) is 5.32 Å². The average molecular weight is 342 g/mol. The van der Waals surface area contributed by atoms with E-state index < -0.39 is 0 Å². The van der Waals surface area contributed by atoms with Crippen molar-refractivity contribution in [3.05, 3.63) is 58.7 Å². The van der Waals surface area contributed by atoms with E-state index in [1.807, 2.05) is 24.4 Å². The number of nitrogens with zero attached hydrogens (tertiary/aromatic N) is 4. The average Bonchev–Trinajstić information content (AvgIpc) is 2.56. The molecule has 0 amide bonds. The topological polar surface area (TPSA) is 74.5 Å². The molecule has 0 radical (unpaired) electrons. The van der Waals surface area contributed by atoms with Crippen LogP contribution in [0.25, 0.3) is 22.6 Å². The first-order valence-corrected chi connectivity index (χ1v) is 7.34. The van der Waals surface area contributed by atoms with Gasteiger partial charge < -0.3 is 0 Å². The Morgan fingerprint density at radius 2 is 1.78 bits per heavy atom. The van der Waals surface area contributed by atoms with E-state index in [1.54, 1.807) is 30.5 Å². The van der Waals surface area contributed by atoms with Crippen LogP contribution in [0.15, 0.2) is 48.7 Å². The molecule has 1 N–H and O–H groups in total. The van der Waals surface area contributed by atoms with Crippen LogP contribution >= 0.6 is 23.2 Å². The van der Waals surface area contributed by atoms with Gasteiger partial charge in [0, 0.05) is 16.8 Å². The summed E-state index contributed by atoms with van der Waals surface area (Å²) in [6, 6.07) is 12.4. The van der Waals surface area contributed by atoms with Gasteiger partial charge in [-0.25, -0.2) is 9.97 Å². The number of hydrogen-bond donors (Lipinski definition) is 1. The van der Waals surface area contributed by atoms with Crippen LogP contribution in [0, 0.1) is 11.5 Å². The van der Waals surface area contributed by atoms with Crippen LogP contribution in [0.2, 0.25) is 10.0 Å². The van der Waals surface area contributed by atoms with Gasteiger partial charge in [0.15, 0.2) is 6.19 Å². The molecular weight excluding hydrogens is 333 g/mol. The van der Waals surface area contributed by atoms with Crippen LogP contribution in [0.4, 0.5) is 5.95 Å². The molecule has 3 rings (SSSR count). The molecule has 0 spiro atoms. The number of hydrogen-bond acceptors (Lipinski definition) is 5. The zero-order valence-electron chi connectivity index (χ0n) is 11.7. The van der Waals surface area contributed by atoms with Gasteiger partial charge in [-0.05, 0) is 36.4 Å². The molecule has 23 heavy (non-hydrogen) atoms. The first-order chi connectivity index (χ1) is 11.2. The van der Waals surface area contributed by atoms with Crippen molar-refractivity contribution in [3.63, 3.8) is 0 Å². The number of nitriles is 1. The normalized spacial score (nSPS) is 10.1. The maximum atomic E-state index is 8.83. The first-order valence-electron chi connectivity index (χ1n) is 6.58. The van der Waals surface area contributed by atoms with Gasteiger partial charge in [-0.15, -0.1) is 0 Å². The zero-order valence-corrected chi connectivity index (χ0v) is 13.2. The second-order valence-corrected chi connectivity index (χ2v) is 5.38. The van der Waals surface area contributed by atoms with E-state index in [0.717, 1.165) is 0 Å². The largest absolute Gasteiger partial charge is 0.261 e. The van der Waals surface area contributed by atoms with Gasteiger partial charge in [-0.3, -0.25) is 10.3 Å². The Bertz CT molecular complexity index is 891. The molecule has 0 atom stereocenters. The minimum atomic E-state index is 0.177. The van der Waals surface area contributed by atoms with Crippen molar-refractivity contribution < 1.29 is 0 Å². The molecule has 1 aromatic carbocycles. The fourth-order valence-corrected chi connectivity index (χ4v) is 2.54. The lowest BCUT2D eigenvalue weighted by atomic mass is 10.1. The SMILES string of the molecule is N#CNc1nc(-c2ccccn2)cc(-c2ccc(Cl)cc2Cl)n1. The van der Waals surface area contributed by atoms with Gasteiger partial charge in [-0.1, -0.05) is 29.3 Å². The highest BCUT2D eigenvalue weighted by Gasteiger charge is 2.12. The monoisotopic (exact) mass is 341 g/mol. The number of pyridine rings is 1. The Balaban J connectivity index is 2.17. The molecule has 0 unspecified atom stereocenters. The molecule has 112 valence electrons. The van der Waals surface area contributed by atoms with E-state index in [9.17, 15) is 0 Å². The quantitative estimate of drug-likeness (QED) is 0.564. The van der Waals surface area contributed by atoms with Crippen LogP contribution in [0.1, 0.15) is 0 Å². The van der Waals surface area contributed by atoms with E-state index in [1.165, 1.54) is 0 Å². The maximum absolute atomic E-state index is 8.83. The number of halogens is 2. The third-order valence-electron chi connectivity index (χ3n) is 3.03. The molecule has 5 nitrogen and oxygen atoms in total. The molecular formula is C16H9Cl2N5. The van der Waals surface area contributed by atoms with Crippen molar-refractivity contribution in [2.45, 2.75) is 0 Å². The standard InChI is InChI=1S/C16H9Cl2N5/c17-10-4-5-11(12(18)7-10)14-8-15(13-3-1-2-6-20-13)23-16(22-14)21-9-19/h1-8H,(H,21,22,23). The fraction of sp³-hybridized carbons (Fsp3) is 0. The van der Waals surface area contributed by atoms with E-state index in [4.69, 9.17) is 28.5 Å². The van der Waals surface area contributed by atoms with Crippen LogP contribution in [0.3, 0.4) is 0 Å². The molecule has 3 aromatic rings. The van der Waals surface area contributed by atoms with Crippen molar-refractivity contribution in [2.24, 2.45) is 0 Å². The Morgan fingerprint density at radius 1 is 0.957 bits per heavy atom. The van der Waals surface area contributed by atoms with Gasteiger partial charge >= 0.3 is 0 Å². The highest BCUT2D eigenvalue weighted by Crippen LogP contribution is 2.31. The van der Waals surface area contributed by atoms with Crippen molar-refractivity contribution >= 4 is 29.2 Å². The number of benzene rings is 1. The summed E-state index contributed by atoms with van der Waals surface area (Å²) < 4.78 is 0. The van der Waals surface area contributed by atoms with Crippen LogP contribution in [-0.2, 0) is 0 Å².